The lowest BCUT2D eigenvalue weighted by atomic mass is 9.85. The Morgan fingerprint density at radius 2 is 1.60 bits per heavy atom. The molecule has 1 atom stereocenters. The molecular weight excluding hydrogens is 279 g/mol. The molecule has 0 amide bonds. The van der Waals surface area contributed by atoms with Crippen LogP contribution in [0.3, 0.4) is 0 Å². The van der Waals surface area contributed by atoms with Crippen molar-refractivity contribution in [3.63, 3.8) is 0 Å². The Labute approximate surface area is 114 Å². The van der Waals surface area contributed by atoms with Gasteiger partial charge in [-0.05, 0) is 24.5 Å². The highest BCUT2D eigenvalue weighted by Gasteiger charge is 2.60. The Balaban J connectivity index is 3.11. The molecule has 0 saturated carbocycles. The van der Waals surface area contributed by atoms with Crippen LogP contribution in [0.1, 0.15) is 37.8 Å². The van der Waals surface area contributed by atoms with Crippen LogP contribution in [0.2, 0.25) is 0 Å². The largest absolute Gasteiger partial charge is 0.453 e. The van der Waals surface area contributed by atoms with Gasteiger partial charge >= 0.3 is 12.1 Å². The zero-order chi connectivity index (χ0) is 15.6. The Kier molecular flexibility index (Phi) is 4.79. The molecule has 114 valence electrons. The van der Waals surface area contributed by atoms with Gasteiger partial charge < -0.3 is 5.11 Å². The number of aliphatic hydroxyl groups is 1. The average molecular weight is 296 g/mol. The third-order valence-corrected chi connectivity index (χ3v) is 3.10. The minimum Gasteiger partial charge on any atom is -0.385 e. The van der Waals surface area contributed by atoms with Crippen molar-refractivity contribution >= 4 is 0 Å². The molecule has 0 bridgehead atoms. The molecular formula is C14H17F5O. The normalized spacial score (nSPS) is 16.0. The van der Waals surface area contributed by atoms with Crippen molar-refractivity contribution in [2.24, 2.45) is 0 Å². The molecule has 0 spiro atoms. The third-order valence-electron chi connectivity index (χ3n) is 3.10. The highest BCUT2D eigenvalue weighted by Crippen LogP contribution is 2.44. The minimum absolute atomic E-state index is 0.116. The summed E-state index contributed by atoms with van der Waals surface area (Å²) in [6.45, 7) is 2.84. The Hall–Kier alpha value is -1.17. The predicted octanol–water partition coefficient (Wildman–Crippen LogP) is 4.43. The van der Waals surface area contributed by atoms with Crippen LogP contribution in [0.4, 0.5) is 22.0 Å². The van der Waals surface area contributed by atoms with Gasteiger partial charge in [0.25, 0.3) is 0 Å². The van der Waals surface area contributed by atoms with E-state index in [1.165, 1.54) is 12.1 Å². The summed E-state index contributed by atoms with van der Waals surface area (Å²) in [6.07, 6.45) is -6.16. The van der Waals surface area contributed by atoms with Gasteiger partial charge in [0.2, 0.25) is 0 Å². The van der Waals surface area contributed by atoms with Crippen LogP contribution in [0.25, 0.3) is 0 Å². The maximum atomic E-state index is 13.1. The molecule has 0 saturated heterocycles. The average Bonchev–Trinajstić information content (AvgIpc) is 2.27. The molecule has 1 aromatic rings. The molecule has 20 heavy (non-hydrogen) atoms. The summed E-state index contributed by atoms with van der Waals surface area (Å²) < 4.78 is 63.1. The van der Waals surface area contributed by atoms with Crippen molar-refractivity contribution in [3.8, 4) is 0 Å². The van der Waals surface area contributed by atoms with Crippen molar-refractivity contribution in [2.75, 3.05) is 0 Å². The van der Waals surface area contributed by atoms with E-state index in [9.17, 15) is 27.1 Å². The number of halogens is 5. The van der Waals surface area contributed by atoms with Gasteiger partial charge in [-0.2, -0.15) is 22.0 Å². The van der Waals surface area contributed by atoms with Crippen LogP contribution in [0.5, 0.6) is 0 Å². The van der Waals surface area contributed by atoms with Crippen LogP contribution in [-0.2, 0) is 12.0 Å². The fourth-order valence-corrected chi connectivity index (χ4v) is 2.16. The van der Waals surface area contributed by atoms with Gasteiger partial charge in [0, 0.05) is 0 Å². The van der Waals surface area contributed by atoms with Crippen molar-refractivity contribution in [1.29, 1.82) is 0 Å². The quantitative estimate of drug-likeness (QED) is 0.797. The van der Waals surface area contributed by atoms with E-state index in [0.717, 1.165) is 6.92 Å². The third kappa shape index (κ3) is 3.69. The molecule has 1 unspecified atom stereocenters. The summed E-state index contributed by atoms with van der Waals surface area (Å²) in [6, 6.07) is 6.18. The number of alkyl halides is 5. The van der Waals surface area contributed by atoms with E-state index >= 15 is 0 Å². The van der Waals surface area contributed by atoms with E-state index in [2.05, 4.69) is 0 Å². The standard InChI is InChI=1S/C14H17F5O/c1-3-6-10-7-4-5-8-11(10)12(2,20)9-13(15,16)14(17,18)19/h4-5,7-8,20H,3,6,9H2,1-2H3. The maximum absolute atomic E-state index is 13.1. The van der Waals surface area contributed by atoms with Crippen LogP contribution in [0.15, 0.2) is 24.3 Å². The molecule has 1 aromatic carbocycles. The van der Waals surface area contributed by atoms with Gasteiger partial charge in [0.1, 0.15) is 0 Å². The SMILES string of the molecule is CCCc1ccccc1C(C)(O)CC(F)(F)C(F)(F)F. The van der Waals surface area contributed by atoms with Gasteiger partial charge in [-0.15, -0.1) is 0 Å². The lowest BCUT2D eigenvalue weighted by Gasteiger charge is -2.31. The highest BCUT2D eigenvalue weighted by atomic mass is 19.4. The molecule has 0 aromatic heterocycles. The Morgan fingerprint density at radius 1 is 1.05 bits per heavy atom. The Bertz CT molecular complexity index is 451. The smallest absolute Gasteiger partial charge is 0.385 e. The molecule has 0 aliphatic carbocycles. The number of benzene rings is 1. The molecule has 6 heteroatoms. The summed E-state index contributed by atoms with van der Waals surface area (Å²) in [7, 11) is 0. The van der Waals surface area contributed by atoms with Crippen molar-refractivity contribution < 1.29 is 27.1 Å². The second kappa shape index (κ2) is 5.68. The van der Waals surface area contributed by atoms with Crippen LogP contribution in [0, 0.1) is 0 Å². The molecule has 0 aliphatic heterocycles. The fraction of sp³-hybridized carbons (Fsp3) is 0.571. The van der Waals surface area contributed by atoms with Crippen LogP contribution < -0.4 is 0 Å². The molecule has 0 heterocycles. The second-order valence-electron chi connectivity index (χ2n) is 5.06. The first kappa shape index (κ1) is 16.9. The van der Waals surface area contributed by atoms with Crippen molar-refractivity contribution in [2.45, 2.75) is 50.8 Å². The number of hydrogen-bond acceptors (Lipinski definition) is 1. The van der Waals surface area contributed by atoms with Crippen molar-refractivity contribution in [3.05, 3.63) is 35.4 Å². The van der Waals surface area contributed by atoms with Gasteiger partial charge in [-0.1, -0.05) is 37.6 Å². The molecule has 1 N–H and O–H groups in total. The zero-order valence-corrected chi connectivity index (χ0v) is 11.3. The highest BCUT2D eigenvalue weighted by molar-refractivity contribution is 5.32. The fourth-order valence-electron chi connectivity index (χ4n) is 2.16. The van der Waals surface area contributed by atoms with Gasteiger partial charge in [0.05, 0.1) is 12.0 Å². The van der Waals surface area contributed by atoms with E-state index < -0.39 is 24.1 Å². The lowest BCUT2D eigenvalue weighted by Crippen LogP contribution is -2.43. The zero-order valence-electron chi connectivity index (χ0n) is 11.3. The number of hydrogen-bond donors (Lipinski definition) is 1. The number of aryl methyl sites for hydroxylation is 1. The summed E-state index contributed by atoms with van der Waals surface area (Å²) in [5.74, 6) is -4.93. The van der Waals surface area contributed by atoms with Crippen LogP contribution >= 0.6 is 0 Å². The topological polar surface area (TPSA) is 20.2 Å². The van der Waals surface area contributed by atoms with Crippen LogP contribution in [-0.4, -0.2) is 17.2 Å². The second-order valence-corrected chi connectivity index (χ2v) is 5.06. The van der Waals surface area contributed by atoms with E-state index in [1.54, 1.807) is 12.1 Å². The lowest BCUT2D eigenvalue weighted by molar-refractivity contribution is -0.297. The maximum Gasteiger partial charge on any atom is 0.453 e. The van der Waals surface area contributed by atoms with E-state index in [4.69, 9.17) is 0 Å². The monoisotopic (exact) mass is 296 g/mol. The van der Waals surface area contributed by atoms with E-state index in [1.807, 2.05) is 6.92 Å². The summed E-state index contributed by atoms with van der Waals surface area (Å²) in [4.78, 5) is 0. The first-order valence-corrected chi connectivity index (χ1v) is 6.26. The van der Waals surface area contributed by atoms with Crippen molar-refractivity contribution in [1.82, 2.24) is 0 Å². The first-order valence-electron chi connectivity index (χ1n) is 6.26. The summed E-state index contributed by atoms with van der Waals surface area (Å²) >= 11 is 0. The minimum atomic E-state index is -5.67. The summed E-state index contributed by atoms with van der Waals surface area (Å²) in [5, 5.41) is 10.1. The molecule has 0 radical (unpaired) electrons. The van der Waals surface area contributed by atoms with E-state index in [0.29, 0.717) is 18.4 Å². The molecule has 1 rings (SSSR count). The van der Waals surface area contributed by atoms with E-state index in [-0.39, 0.29) is 5.56 Å². The summed E-state index contributed by atoms with van der Waals surface area (Å²) in [5.41, 5.74) is -1.55. The molecule has 0 fully saturated rings. The molecule has 0 aliphatic rings. The van der Waals surface area contributed by atoms with Gasteiger partial charge in [0.15, 0.2) is 0 Å². The first-order chi connectivity index (χ1) is 9.01. The van der Waals surface area contributed by atoms with Gasteiger partial charge in [-0.3, -0.25) is 0 Å². The van der Waals surface area contributed by atoms with Gasteiger partial charge in [-0.25, -0.2) is 0 Å². The number of rotatable bonds is 5. The predicted molar refractivity (Wildman–Crippen MR) is 65.6 cm³/mol. The molecule has 1 nitrogen and oxygen atoms in total. The Morgan fingerprint density at radius 3 is 2.10 bits per heavy atom.